The largest absolute Gasteiger partial charge is 0.497 e. The lowest BCUT2D eigenvalue weighted by Gasteiger charge is -2.32. The van der Waals surface area contributed by atoms with Crippen molar-refractivity contribution in [1.82, 2.24) is 10.2 Å². The third-order valence-corrected chi connectivity index (χ3v) is 6.75. The first-order valence-electron chi connectivity index (χ1n) is 11.7. The van der Waals surface area contributed by atoms with Crippen molar-refractivity contribution in [1.29, 1.82) is 0 Å². The van der Waals surface area contributed by atoms with Gasteiger partial charge in [0.25, 0.3) is 0 Å². The molecule has 2 rings (SSSR count). The van der Waals surface area contributed by atoms with Gasteiger partial charge in [-0.05, 0) is 37.5 Å². The highest BCUT2D eigenvalue weighted by Crippen LogP contribution is 2.33. The number of hydrogen-bond donors (Lipinski definition) is 1. The van der Waals surface area contributed by atoms with Crippen molar-refractivity contribution in [3.8, 4) is 11.5 Å². The third-order valence-electron chi connectivity index (χ3n) is 5.62. The normalized spacial score (nSPS) is 12.1. The molecule has 0 saturated heterocycles. The fourth-order valence-corrected chi connectivity index (χ4v) is 4.48. The Balaban J connectivity index is 2.44. The van der Waals surface area contributed by atoms with Gasteiger partial charge >= 0.3 is 0 Å². The molecule has 36 heavy (non-hydrogen) atoms. The van der Waals surface area contributed by atoms with E-state index in [0.717, 1.165) is 21.7 Å². The fourth-order valence-electron chi connectivity index (χ4n) is 3.63. The van der Waals surface area contributed by atoms with Crippen LogP contribution in [0, 0.1) is 12.8 Å². The van der Waals surface area contributed by atoms with Crippen molar-refractivity contribution in [2.45, 2.75) is 40.3 Å². The van der Waals surface area contributed by atoms with E-state index in [9.17, 15) is 18.0 Å². The van der Waals surface area contributed by atoms with Crippen LogP contribution in [0.4, 0.5) is 5.69 Å². The molecule has 2 amide bonds. The van der Waals surface area contributed by atoms with Gasteiger partial charge in [0.1, 0.15) is 24.1 Å². The summed E-state index contributed by atoms with van der Waals surface area (Å²) >= 11 is 0. The molecule has 0 aliphatic rings. The Morgan fingerprint density at radius 2 is 1.72 bits per heavy atom. The topological polar surface area (TPSA) is 105 Å². The molecule has 2 aromatic carbocycles. The lowest BCUT2D eigenvalue weighted by molar-refractivity contribution is -0.139. The van der Waals surface area contributed by atoms with Crippen LogP contribution in [0.25, 0.3) is 0 Å². The van der Waals surface area contributed by atoms with Gasteiger partial charge in [-0.15, -0.1) is 0 Å². The molecule has 1 unspecified atom stereocenters. The molecule has 0 bridgehead atoms. The lowest BCUT2D eigenvalue weighted by atomic mass is 10.1. The van der Waals surface area contributed by atoms with E-state index in [1.165, 1.54) is 25.2 Å². The third kappa shape index (κ3) is 7.87. The number of anilines is 1. The highest BCUT2D eigenvalue weighted by atomic mass is 32.2. The Kier molecular flexibility index (Phi) is 10.2. The van der Waals surface area contributed by atoms with Gasteiger partial charge in [0, 0.05) is 19.2 Å². The zero-order chi connectivity index (χ0) is 27.0. The van der Waals surface area contributed by atoms with Gasteiger partial charge < -0.3 is 19.7 Å². The standard InChI is InChI=1S/C26H37N3O6S/c1-18(2)15-27-26(31)20(4)28(16-21-10-8-9-19(3)13-21)25(30)17-29(36(7,32)33)23-12-11-22(34-5)14-24(23)35-6/h8-14,18,20H,15-17H2,1-7H3,(H,27,31). The molecule has 2 aromatic rings. The van der Waals surface area contributed by atoms with E-state index >= 15 is 0 Å². The lowest BCUT2D eigenvalue weighted by Crippen LogP contribution is -2.51. The van der Waals surface area contributed by atoms with Gasteiger partial charge in [-0.25, -0.2) is 8.42 Å². The summed E-state index contributed by atoms with van der Waals surface area (Å²) in [6.07, 6.45) is 1.02. The second kappa shape index (κ2) is 12.6. The quantitative estimate of drug-likeness (QED) is 0.462. The Labute approximate surface area is 214 Å². The fraction of sp³-hybridized carbons (Fsp3) is 0.462. The summed E-state index contributed by atoms with van der Waals surface area (Å²) in [5, 5.41) is 2.86. The van der Waals surface area contributed by atoms with E-state index in [1.54, 1.807) is 19.1 Å². The molecule has 9 nitrogen and oxygen atoms in total. The Bertz CT molecular complexity index is 1170. The van der Waals surface area contributed by atoms with Crippen molar-refractivity contribution < 1.29 is 27.5 Å². The van der Waals surface area contributed by atoms with Gasteiger partial charge in [-0.2, -0.15) is 0 Å². The van der Waals surface area contributed by atoms with Crippen LogP contribution >= 0.6 is 0 Å². The summed E-state index contributed by atoms with van der Waals surface area (Å²) in [7, 11) is -0.985. The molecule has 0 aliphatic heterocycles. The molecule has 198 valence electrons. The number of sulfonamides is 1. The summed E-state index contributed by atoms with van der Waals surface area (Å²) < 4.78 is 37.1. The zero-order valence-corrected chi connectivity index (χ0v) is 22.9. The van der Waals surface area contributed by atoms with E-state index in [0.29, 0.717) is 12.3 Å². The van der Waals surface area contributed by atoms with Crippen LogP contribution < -0.4 is 19.1 Å². The molecule has 0 radical (unpaired) electrons. The summed E-state index contributed by atoms with van der Waals surface area (Å²) in [6.45, 7) is 7.65. The first-order valence-corrected chi connectivity index (χ1v) is 13.5. The molecule has 0 aromatic heterocycles. The number of hydrogen-bond acceptors (Lipinski definition) is 6. The van der Waals surface area contributed by atoms with Gasteiger partial charge in [0.15, 0.2) is 0 Å². The number of amides is 2. The number of aryl methyl sites for hydroxylation is 1. The van der Waals surface area contributed by atoms with Crippen LogP contribution in [0.2, 0.25) is 0 Å². The first kappa shape index (κ1) is 29.0. The SMILES string of the molecule is COc1ccc(N(CC(=O)N(Cc2cccc(C)c2)C(C)C(=O)NCC(C)C)S(C)(=O)=O)c(OC)c1. The van der Waals surface area contributed by atoms with Crippen LogP contribution in [0.5, 0.6) is 11.5 Å². The molecular formula is C26H37N3O6S. The van der Waals surface area contributed by atoms with Crippen LogP contribution in [0.1, 0.15) is 31.9 Å². The second-order valence-electron chi connectivity index (χ2n) is 9.13. The number of carbonyl (C=O) groups is 2. The minimum absolute atomic E-state index is 0.147. The monoisotopic (exact) mass is 519 g/mol. The average Bonchev–Trinajstić information content (AvgIpc) is 2.82. The number of benzene rings is 2. The molecule has 1 atom stereocenters. The minimum atomic E-state index is -3.88. The van der Waals surface area contributed by atoms with Crippen LogP contribution in [-0.2, 0) is 26.2 Å². The smallest absolute Gasteiger partial charge is 0.244 e. The number of nitrogens with zero attached hydrogens (tertiary/aromatic N) is 2. The van der Waals surface area contributed by atoms with Crippen molar-refractivity contribution in [2.24, 2.45) is 5.92 Å². The maximum Gasteiger partial charge on any atom is 0.244 e. The summed E-state index contributed by atoms with van der Waals surface area (Å²) in [6, 6.07) is 11.5. The van der Waals surface area contributed by atoms with E-state index in [-0.39, 0.29) is 29.8 Å². The van der Waals surface area contributed by atoms with E-state index in [2.05, 4.69) is 5.32 Å². The molecule has 0 spiro atoms. The summed E-state index contributed by atoms with van der Waals surface area (Å²) in [4.78, 5) is 27.9. The first-order chi connectivity index (χ1) is 16.9. The summed E-state index contributed by atoms with van der Waals surface area (Å²) in [5.74, 6) is 0.127. The predicted octanol–water partition coefficient (Wildman–Crippen LogP) is 2.97. The number of carbonyl (C=O) groups excluding carboxylic acids is 2. The predicted molar refractivity (Wildman–Crippen MR) is 141 cm³/mol. The number of nitrogens with one attached hydrogen (secondary N) is 1. The zero-order valence-electron chi connectivity index (χ0n) is 22.1. The molecule has 0 saturated carbocycles. The number of methoxy groups -OCH3 is 2. The van der Waals surface area contributed by atoms with Gasteiger partial charge in [0.2, 0.25) is 21.8 Å². The van der Waals surface area contributed by atoms with E-state index in [4.69, 9.17) is 9.47 Å². The van der Waals surface area contributed by atoms with Crippen molar-refractivity contribution in [3.63, 3.8) is 0 Å². The Morgan fingerprint density at radius 1 is 1.03 bits per heavy atom. The molecule has 0 aliphatic carbocycles. The maximum atomic E-state index is 13.6. The number of ether oxygens (including phenoxy) is 2. The molecule has 0 fully saturated rings. The maximum absolute atomic E-state index is 13.6. The van der Waals surface area contributed by atoms with Crippen molar-refractivity contribution in [3.05, 3.63) is 53.6 Å². The molecular weight excluding hydrogens is 482 g/mol. The molecule has 1 N–H and O–H groups in total. The minimum Gasteiger partial charge on any atom is -0.497 e. The van der Waals surface area contributed by atoms with Crippen LogP contribution in [-0.4, -0.2) is 64.7 Å². The van der Waals surface area contributed by atoms with E-state index in [1.807, 2.05) is 45.0 Å². The van der Waals surface area contributed by atoms with Crippen molar-refractivity contribution in [2.75, 3.05) is 37.9 Å². The van der Waals surface area contributed by atoms with Gasteiger partial charge in [-0.1, -0.05) is 43.7 Å². The Hall–Kier alpha value is -3.27. The molecule has 0 heterocycles. The highest BCUT2D eigenvalue weighted by molar-refractivity contribution is 7.92. The number of rotatable bonds is 12. The Morgan fingerprint density at radius 3 is 2.28 bits per heavy atom. The van der Waals surface area contributed by atoms with Gasteiger partial charge in [0.05, 0.1) is 26.2 Å². The highest BCUT2D eigenvalue weighted by Gasteiger charge is 2.31. The van der Waals surface area contributed by atoms with Crippen LogP contribution in [0.15, 0.2) is 42.5 Å². The van der Waals surface area contributed by atoms with Crippen molar-refractivity contribution >= 4 is 27.5 Å². The summed E-state index contributed by atoms with van der Waals surface area (Å²) in [5.41, 5.74) is 2.04. The average molecular weight is 520 g/mol. The second-order valence-corrected chi connectivity index (χ2v) is 11.0. The van der Waals surface area contributed by atoms with E-state index < -0.39 is 28.5 Å². The molecule has 10 heteroatoms. The van der Waals surface area contributed by atoms with Gasteiger partial charge in [-0.3, -0.25) is 13.9 Å². The van der Waals surface area contributed by atoms with Crippen LogP contribution in [0.3, 0.4) is 0 Å².